The first kappa shape index (κ1) is 19.2. The number of ether oxygens (including phenoxy) is 1. The zero-order chi connectivity index (χ0) is 20.6. The number of hydrogen-bond acceptors (Lipinski definition) is 7. The number of fused-ring (bicyclic) bond motifs is 1. The molecule has 7 nitrogen and oxygen atoms in total. The summed E-state index contributed by atoms with van der Waals surface area (Å²) < 4.78 is 10.8. The second-order valence-corrected chi connectivity index (χ2v) is 6.61. The summed E-state index contributed by atoms with van der Waals surface area (Å²) >= 11 is 0. The van der Waals surface area contributed by atoms with E-state index >= 15 is 0 Å². The van der Waals surface area contributed by atoms with Crippen molar-refractivity contribution in [2.24, 2.45) is 0 Å². The van der Waals surface area contributed by atoms with Crippen LogP contribution in [-0.2, 0) is 6.42 Å². The largest absolute Gasteiger partial charge is 0.508 e. The molecule has 0 saturated heterocycles. The van der Waals surface area contributed by atoms with Crippen LogP contribution in [0, 0.1) is 0 Å². The molecule has 0 atom stereocenters. The van der Waals surface area contributed by atoms with Gasteiger partial charge in [-0.25, -0.2) is 0 Å². The first-order chi connectivity index (χ1) is 13.2. The van der Waals surface area contributed by atoms with Gasteiger partial charge < -0.3 is 29.6 Å². The zero-order valence-corrected chi connectivity index (χ0v) is 15.6. The highest BCUT2D eigenvalue weighted by Crippen LogP contribution is 2.40. The Hall–Kier alpha value is -3.61. The Balaban J connectivity index is 2.36. The van der Waals surface area contributed by atoms with E-state index in [4.69, 9.17) is 9.15 Å². The number of hydrogen-bond donors (Lipinski definition) is 4. The van der Waals surface area contributed by atoms with Gasteiger partial charge in [-0.15, -0.1) is 0 Å². The number of allylic oxidation sites excluding steroid dienone is 2. The van der Waals surface area contributed by atoms with E-state index in [1.54, 1.807) is 0 Å². The number of benzene rings is 2. The quantitative estimate of drug-likeness (QED) is 0.505. The second kappa shape index (κ2) is 7.19. The summed E-state index contributed by atoms with van der Waals surface area (Å²) in [6, 6.07) is 5.09. The minimum Gasteiger partial charge on any atom is -0.508 e. The van der Waals surface area contributed by atoms with Gasteiger partial charge in [-0.1, -0.05) is 11.6 Å². The van der Waals surface area contributed by atoms with Crippen LogP contribution in [0.2, 0.25) is 0 Å². The molecule has 0 aliphatic rings. The van der Waals surface area contributed by atoms with Crippen molar-refractivity contribution in [1.29, 1.82) is 0 Å². The molecular weight excluding hydrogens is 364 g/mol. The average molecular weight is 384 g/mol. The molecule has 1 heterocycles. The maximum atomic E-state index is 12.6. The Morgan fingerprint density at radius 1 is 1.07 bits per heavy atom. The molecule has 0 amide bonds. The van der Waals surface area contributed by atoms with Crippen LogP contribution in [0.5, 0.6) is 28.7 Å². The van der Waals surface area contributed by atoms with E-state index in [1.165, 1.54) is 25.3 Å². The lowest BCUT2D eigenvalue weighted by Crippen LogP contribution is -2.04. The molecule has 0 bridgehead atoms. The van der Waals surface area contributed by atoms with Crippen LogP contribution in [-0.4, -0.2) is 27.5 Å². The second-order valence-electron chi connectivity index (χ2n) is 6.61. The molecule has 1 aromatic heterocycles. The molecule has 0 aliphatic heterocycles. The van der Waals surface area contributed by atoms with Crippen molar-refractivity contribution in [1.82, 2.24) is 0 Å². The summed E-state index contributed by atoms with van der Waals surface area (Å²) in [6.07, 6.45) is 2.32. The molecule has 146 valence electrons. The molecule has 7 heteroatoms. The minimum atomic E-state index is -0.839. The van der Waals surface area contributed by atoms with Gasteiger partial charge in [0, 0.05) is 17.7 Å². The molecule has 2 aromatic carbocycles. The first-order valence-corrected chi connectivity index (χ1v) is 8.48. The van der Waals surface area contributed by atoms with Crippen LogP contribution in [0.3, 0.4) is 0 Å². The summed E-state index contributed by atoms with van der Waals surface area (Å²) in [5.74, 6) is -1.60. The van der Waals surface area contributed by atoms with Gasteiger partial charge >= 0.3 is 0 Å². The fraction of sp³-hybridized carbons (Fsp3) is 0.190. The molecule has 0 unspecified atom stereocenters. The molecule has 3 rings (SSSR count). The summed E-state index contributed by atoms with van der Waals surface area (Å²) in [6.45, 7) is 3.84. The fourth-order valence-corrected chi connectivity index (χ4v) is 2.93. The van der Waals surface area contributed by atoms with E-state index < -0.39 is 16.9 Å². The van der Waals surface area contributed by atoms with Crippen molar-refractivity contribution in [2.75, 3.05) is 7.11 Å². The van der Waals surface area contributed by atoms with E-state index in [-0.39, 0.29) is 34.0 Å². The summed E-state index contributed by atoms with van der Waals surface area (Å²) in [5, 5.41) is 40.0. The topological polar surface area (TPSA) is 120 Å². The number of methoxy groups -OCH3 is 1. The average Bonchev–Trinajstić information content (AvgIpc) is 2.62. The maximum absolute atomic E-state index is 12.6. The lowest BCUT2D eigenvalue weighted by molar-refractivity contribution is 0.373. The third-order valence-corrected chi connectivity index (χ3v) is 4.31. The van der Waals surface area contributed by atoms with Gasteiger partial charge in [0.05, 0.1) is 7.11 Å². The van der Waals surface area contributed by atoms with Crippen molar-refractivity contribution < 1.29 is 29.6 Å². The monoisotopic (exact) mass is 384 g/mol. The molecule has 0 radical (unpaired) electrons. The Kier molecular flexibility index (Phi) is 4.92. The van der Waals surface area contributed by atoms with Crippen LogP contribution in [0.4, 0.5) is 0 Å². The van der Waals surface area contributed by atoms with Crippen LogP contribution in [0.1, 0.15) is 19.4 Å². The maximum Gasteiger partial charge on any atom is 0.238 e. The van der Waals surface area contributed by atoms with E-state index in [0.29, 0.717) is 17.5 Å². The molecular formula is C21H20O7. The van der Waals surface area contributed by atoms with Crippen molar-refractivity contribution >= 4 is 11.0 Å². The smallest absolute Gasteiger partial charge is 0.238 e. The summed E-state index contributed by atoms with van der Waals surface area (Å²) in [7, 11) is 1.38. The van der Waals surface area contributed by atoms with Gasteiger partial charge in [-0.05, 0) is 38.0 Å². The highest BCUT2D eigenvalue weighted by molar-refractivity contribution is 5.88. The Bertz CT molecular complexity index is 1150. The van der Waals surface area contributed by atoms with Gasteiger partial charge in [0.2, 0.25) is 11.2 Å². The van der Waals surface area contributed by atoms with E-state index in [1.807, 2.05) is 19.9 Å². The molecule has 0 fully saturated rings. The number of aromatic hydroxyl groups is 4. The molecule has 0 spiro atoms. The van der Waals surface area contributed by atoms with Gasteiger partial charge in [-0.2, -0.15) is 0 Å². The Morgan fingerprint density at radius 3 is 2.43 bits per heavy atom. The highest BCUT2D eigenvalue weighted by atomic mass is 16.5. The molecule has 4 N–H and O–H groups in total. The predicted octanol–water partition coefficient (Wildman–Crippen LogP) is 3.80. The standard InChI is InChI=1S/C21H20O7/c1-10(2)4-5-11-6-14(23)16(27-3)9-13(11)21-20(26)19(25)18-15(24)7-12(22)8-17(18)28-21/h4,6-9,22-24,26H,5H2,1-3H3. The van der Waals surface area contributed by atoms with E-state index in [9.17, 15) is 25.2 Å². The normalized spacial score (nSPS) is 10.8. The summed E-state index contributed by atoms with van der Waals surface area (Å²) in [5.41, 5.74) is 1.04. The van der Waals surface area contributed by atoms with Gasteiger partial charge in [0.25, 0.3) is 0 Å². The van der Waals surface area contributed by atoms with Gasteiger partial charge in [0.1, 0.15) is 22.5 Å². The first-order valence-electron chi connectivity index (χ1n) is 8.48. The van der Waals surface area contributed by atoms with Crippen LogP contribution in [0.25, 0.3) is 22.3 Å². The lowest BCUT2D eigenvalue weighted by Gasteiger charge is -2.13. The van der Waals surface area contributed by atoms with Crippen molar-refractivity contribution in [3.05, 3.63) is 51.7 Å². The number of phenolic OH excluding ortho intramolecular Hbond substituents is 3. The summed E-state index contributed by atoms with van der Waals surface area (Å²) in [4.78, 5) is 12.6. The van der Waals surface area contributed by atoms with Crippen molar-refractivity contribution in [3.8, 4) is 40.1 Å². The Morgan fingerprint density at radius 2 is 1.79 bits per heavy atom. The highest BCUT2D eigenvalue weighted by Gasteiger charge is 2.22. The minimum absolute atomic E-state index is 0.0875. The number of rotatable bonds is 4. The molecule has 28 heavy (non-hydrogen) atoms. The van der Waals surface area contributed by atoms with E-state index in [0.717, 1.165) is 11.6 Å². The van der Waals surface area contributed by atoms with Crippen molar-refractivity contribution in [2.45, 2.75) is 20.3 Å². The third kappa shape index (κ3) is 3.34. The van der Waals surface area contributed by atoms with Crippen LogP contribution in [0.15, 0.2) is 45.1 Å². The van der Waals surface area contributed by atoms with Crippen molar-refractivity contribution in [3.63, 3.8) is 0 Å². The van der Waals surface area contributed by atoms with Crippen LogP contribution < -0.4 is 10.2 Å². The van der Waals surface area contributed by atoms with Crippen LogP contribution >= 0.6 is 0 Å². The number of phenols is 3. The molecule has 0 saturated carbocycles. The molecule has 3 aromatic rings. The van der Waals surface area contributed by atoms with E-state index in [2.05, 4.69) is 0 Å². The molecule has 0 aliphatic carbocycles. The van der Waals surface area contributed by atoms with Gasteiger partial charge in [0.15, 0.2) is 17.3 Å². The van der Waals surface area contributed by atoms with Gasteiger partial charge in [-0.3, -0.25) is 4.79 Å². The fourth-order valence-electron chi connectivity index (χ4n) is 2.93. The Labute approximate surface area is 160 Å². The third-order valence-electron chi connectivity index (χ3n) is 4.31. The zero-order valence-electron chi connectivity index (χ0n) is 15.6. The predicted molar refractivity (Wildman–Crippen MR) is 104 cm³/mol. The SMILES string of the molecule is COc1cc(-c2oc3cc(O)cc(O)c3c(=O)c2O)c(CC=C(C)C)cc1O. The lowest BCUT2D eigenvalue weighted by atomic mass is 9.99.